The highest BCUT2D eigenvalue weighted by Gasteiger charge is 2.38. The van der Waals surface area contributed by atoms with Crippen molar-refractivity contribution < 1.29 is 31.5 Å². The molecule has 0 saturated carbocycles. The highest BCUT2D eigenvalue weighted by Crippen LogP contribution is 2.39. The third-order valence-electron chi connectivity index (χ3n) is 2.76. The predicted octanol–water partition coefficient (Wildman–Crippen LogP) is 2.55. The van der Waals surface area contributed by atoms with E-state index in [1.54, 1.807) is 0 Å². The van der Waals surface area contributed by atoms with Gasteiger partial charge in [0.05, 0.1) is 16.0 Å². The quantitative estimate of drug-likeness (QED) is 0.863. The zero-order valence-electron chi connectivity index (χ0n) is 9.45. The summed E-state index contributed by atoms with van der Waals surface area (Å²) in [6.07, 6.45) is -3.78. The Balaban J connectivity index is 2.83. The number of hydrogen-bond donors (Lipinski definition) is 1. The lowest BCUT2D eigenvalue weighted by Crippen LogP contribution is -2.14. The molecule has 102 valence electrons. The summed E-state index contributed by atoms with van der Waals surface area (Å²) >= 11 is 0. The van der Waals surface area contributed by atoms with Crippen LogP contribution in [0.15, 0.2) is 21.9 Å². The number of carboxylic acid groups (broad SMARTS) is 1. The van der Waals surface area contributed by atoms with E-state index in [0.29, 0.717) is 12.1 Å². The van der Waals surface area contributed by atoms with Crippen LogP contribution < -0.4 is 0 Å². The number of halogens is 3. The minimum atomic E-state index is -4.86. The average Bonchev–Trinajstić information content (AvgIpc) is 2.47. The number of carbonyl (C=O) groups is 1. The third-order valence-corrected chi connectivity index (χ3v) is 4.66. The molecule has 1 heterocycles. The summed E-state index contributed by atoms with van der Waals surface area (Å²) in [4.78, 5) is 10.3. The van der Waals surface area contributed by atoms with Crippen molar-refractivity contribution in [2.24, 2.45) is 0 Å². The van der Waals surface area contributed by atoms with Gasteiger partial charge in [-0.1, -0.05) is 0 Å². The Hall–Kier alpha value is -1.83. The van der Waals surface area contributed by atoms with Crippen LogP contribution >= 0.6 is 0 Å². The zero-order chi connectivity index (χ0) is 14.6. The summed E-state index contributed by atoms with van der Waals surface area (Å²) in [5.74, 6) is -1.82. The topological polar surface area (TPSA) is 71.4 Å². The lowest BCUT2D eigenvalue weighted by molar-refractivity contribution is -0.138. The van der Waals surface area contributed by atoms with Crippen LogP contribution in [-0.2, 0) is 16.0 Å². The van der Waals surface area contributed by atoms with Crippen molar-refractivity contribution in [3.8, 4) is 0 Å². The fourth-order valence-corrected chi connectivity index (χ4v) is 3.15. The maximum atomic E-state index is 12.7. The van der Waals surface area contributed by atoms with Crippen molar-refractivity contribution >= 4 is 21.9 Å². The number of fused-ring (bicyclic) bond motifs is 1. The van der Waals surface area contributed by atoms with Crippen molar-refractivity contribution in [3.05, 3.63) is 33.7 Å². The largest absolute Gasteiger partial charge is 0.478 e. The number of rotatable bonds is 1. The van der Waals surface area contributed by atoms with Gasteiger partial charge in [-0.05, 0) is 30.7 Å². The minimum absolute atomic E-state index is 0.113. The second-order valence-electron chi connectivity index (χ2n) is 4.00. The van der Waals surface area contributed by atoms with Crippen LogP contribution in [0.3, 0.4) is 0 Å². The van der Waals surface area contributed by atoms with Crippen molar-refractivity contribution in [2.45, 2.75) is 18.0 Å². The minimum Gasteiger partial charge on any atom is -0.478 e. The van der Waals surface area contributed by atoms with E-state index in [1.807, 2.05) is 0 Å². The first-order chi connectivity index (χ1) is 8.55. The van der Waals surface area contributed by atoms with Gasteiger partial charge in [0.25, 0.3) is 0 Å². The molecule has 0 atom stereocenters. The molecule has 0 spiro atoms. The van der Waals surface area contributed by atoms with Crippen LogP contribution in [0, 0.1) is 0 Å². The third kappa shape index (κ3) is 2.01. The van der Waals surface area contributed by atoms with Gasteiger partial charge in [-0.15, -0.1) is 0 Å². The van der Waals surface area contributed by atoms with E-state index >= 15 is 0 Å². The van der Waals surface area contributed by atoms with Gasteiger partial charge in [-0.25, -0.2) is 13.2 Å². The van der Waals surface area contributed by atoms with Crippen molar-refractivity contribution in [1.82, 2.24) is 0 Å². The van der Waals surface area contributed by atoms with E-state index < -0.39 is 38.0 Å². The summed E-state index contributed by atoms with van der Waals surface area (Å²) in [5.41, 5.74) is -2.58. The zero-order valence-corrected chi connectivity index (χ0v) is 10.3. The summed E-state index contributed by atoms with van der Waals surface area (Å²) in [6, 6.07) is 1.11. The SMILES string of the molecule is CC1=Cc2cc(C(F)(F)F)c(C(=O)O)cc2S1(=O)=O. The van der Waals surface area contributed by atoms with E-state index in [2.05, 4.69) is 0 Å². The number of alkyl halides is 3. The van der Waals surface area contributed by atoms with Gasteiger partial charge >= 0.3 is 12.1 Å². The Morgan fingerprint density at radius 2 is 1.84 bits per heavy atom. The van der Waals surface area contributed by atoms with Gasteiger partial charge in [0.15, 0.2) is 0 Å². The van der Waals surface area contributed by atoms with Gasteiger partial charge in [0.1, 0.15) is 0 Å². The number of sulfone groups is 1. The molecule has 2 rings (SSSR count). The van der Waals surface area contributed by atoms with Crippen molar-refractivity contribution in [2.75, 3.05) is 0 Å². The summed E-state index contributed by atoms with van der Waals surface area (Å²) in [5, 5.41) is 8.78. The molecule has 4 nitrogen and oxygen atoms in total. The highest BCUT2D eigenvalue weighted by atomic mass is 32.2. The first kappa shape index (κ1) is 13.6. The number of benzene rings is 1. The second kappa shape index (κ2) is 3.83. The first-order valence-corrected chi connectivity index (χ1v) is 6.45. The van der Waals surface area contributed by atoms with Crippen molar-refractivity contribution in [3.63, 3.8) is 0 Å². The lowest BCUT2D eigenvalue weighted by atomic mass is 10.0. The van der Waals surface area contributed by atoms with Gasteiger partial charge < -0.3 is 5.11 Å². The predicted molar refractivity (Wildman–Crippen MR) is 59.2 cm³/mol. The number of aromatic carboxylic acids is 1. The molecule has 1 N–H and O–H groups in total. The van der Waals surface area contributed by atoms with Crippen LogP contribution in [0.2, 0.25) is 0 Å². The first-order valence-electron chi connectivity index (χ1n) is 4.97. The molecular formula is C11H7F3O4S. The maximum absolute atomic E-state index is 12.7. The molecule has 1 aliphatic rings. The smallest absolute Gasteiger partial charge is 0.417 e. The highest BCUT2D eigenvalue weighted by molar-refractivity contribution is 7.95. The molecule has 19 heavy (non-hydrogen) atoms. The van der Waals surface area contributed by atoms with Crippen LogP contribution in [0.25, 0.3) is 6.08 Å². The molecule has 0 fully saturated rings. The molecule has 0 radical (unpaired) electrons. The van der Waals surface area contributed by atoms with E-state index in [4.69, 9.17) is 5.11 Å². The van der Waals surface area contributed by atoms with Crippen LogP contribution in [0.4, 0.5) is 13.2 Å². The van der Waals surface area contributed by atoms with E-state index in [1.165, 1.54) is 6.92 Å². The Kier molecular flexibility index (Phi) is 2.74. The Bertz CT molecular complexity index is 714. The molecule has 8 heteroatoms. The molecular weight excluding hydrogens is 285 g/mol. The standard InChI is InChI=1S/C11H7F3O4S/c1-5-2-6-3-8(11(12,13)14)7(10(15)16)4-9(6)19(5,17)18/h2-4H,1H3,(H,15,16). The number of carboxylic acids is 1. The Morgan fingerprint density at radius 3 is 2.32 bits per heavy atom. The molecule has 0 saturated heterocycles. The lowest BCUT2D eigenvalue weighted by Gasteiger charge is -2.12. The second-order valence-corrected chi connectivity index (χ2v) is 6.09. The van der Waals surface area contributed by atoms with Crippen LogP contribution in [-0.4, -0.2) is 19.5 Å². The average molecular weight is 292 g/mol. The molecule has 0 unspecified atom stereocenters. The molecule has 0 bridgehead atoms. The van der Waals surface area contributed by atoms with Crippen LogP contribution in [0.5, 0.6) is 0 Å². The maximum Gasteiger partial charge on any atom is 0.417 e. The van der Waals surface area contributed by atoms with Gasteiger partial charge in [-0.3, -0.25) is 0 Å². The molecule has 1 aromatic carbocycles. The normalized spacial score (nSPS) is 16.9. The Labute approximate surface area is 106 Å². The van der Waals surface area contributed by atoms with Gasteiger partial charge in [0, 0.05) is 4.91 Å². The fourth-order valence-electron chi connectivity index (χ4n) is 1.82. The van der Waals surface area contributed by atoms with E-state index in [0.717, 1.165) is 6.08 Å². The van der Waals surface area contributed by atoms with Gasteiger partial charge in [-0.2, -0.15) is 13.2 Å². The van der Waals surface area contributed by atoms with E-state index in [-0.39, 0.29) is 10.5 Å². The van der Waals surface area contributed by atoms with Gasteiger partial charge in [0.2, 0.25) is 9.84 Å². The molecule has 0 amide bonds. The molecule has 1 aromatic rings. The summed E-state index contributed by atoms with van der Waals surface area (Å²) in [7, 11) is -3.87. The summed E-state index contributed by atoms with van der Waals surface area (Å²) < 4.78 is 61.8. The number of hydrogen-bond acceptors (Lipinski definition) is 3. The molecule has 0 aliphatic carbocycles. The monoisotopic (exact) mass is 292 g/mol. The fraction of sp³-hybridized carbons (Fsp3) is 0.182. The molecule has 1 aliphatic heterocycles. The summed E-state index contributed by atoms with van der Waals surface area (Å²) in [6.45, 7) is 1.24. The van der Waals surface area contributed by atoms with Crippen molar-refractivity contribution in [1.29, 1.82) is 0 Å². The number of allylic oxidation sites excluding steroid dienone is 1. The van der Waals surface area contributed by atoms with E-state index in [9.17, 15) is 26.4 Å². The van der Waals surface area contributed by atoms with Crippen LogP contribution in [0.1, 0.15) is 28.4 Å². The Morgan fingerprint density at radius 1 is 1.26 bits per heavy atom. The molecule has 0 aromatic heterocycles.